The Kier molecular flexibility index (Phi) is 11.4. The predicted molar refractivity (Wildman–Crippen MR) is 153 cm³/mol. The molecule has 0 unspecified atom stereocenters. The highest BCUT2D eigenvalue weighted by molar-refractivity contribution is 5.97. The van der Waals surface area contributed by atoms with Crippen molar-refractivity contribution in [3.63, 3.8) is 0 Å². The predicted octanol–water partition coefficient (Wildman–Crippen LogP) is 1.20. The normalized spacial score (nSPS) is 23.0. The van der Waals surface area contributed by atoms with Crippen LogP contribution in [0.5, 0.6) is 0 Å². The van der Waals surface area contributed by atoms with Crippen LogP contribution in [0.4, 0.5) is 0 Å². The Labute approximate surface area is 240 Å². The van der Waals surface area contributed by atoms with E-state index in [4.69, 9.17) is 0 Å². The number of nitrogens with zero attached hydrogens (tertiary/aromatic N) is 2. The summed E-state index contributed by atoms with van der Waals surface area (Å²) in [6.07, 6.45) is 2.50. The van der Waals surface area contributed by atoms with Crippen molar-refractivity contribution in [3.8, 4) is 0 Å². The van der Waals surface area contributed by atoms with E-state index in [-0.39, 0.29) is 31.1 Å². The summed E-state index contributed by atoms with van der Waals surface area (Å²) in [6.45, 7) is 6.89. The van der Waals surface area contributed by atoms with E-state index in [1.807, 2.05) is 51.1 Å². The molecule has 4 N–H and O–H groups in total. The largest absolute Gasteiger partial charge is 0.350 e. The number of aromatic nitrogens is 1. The molecule has 1 aromatic carbocycles. The molecule has 0 bridgehead atoms. The highest BCUT2D eigenvalue weighted by Gasteiger charge is 2.32. The first-order valence-corrected chi connectivity index (χ1v) is 14.0. The van der Waals surface area contributed by atoms with Gasteiger partial charge in [0.15, 0.2) is 0 Å². The molecule has 1 saturated heterocycles. The molecule has 2 heterocycles. The summed E-state index contributed by atoms with van der Waals surface area (Å²) in [4.78, 5) is 71.9. The number of pyridine rings is 1. The Balaban J connectivity index is 1.97. The maximum absolute atomic E-state index is 13.6. The second-order valence-electron chi connectivity index (χ2n) is 10.7. The van der Waals surface area contributed by atoms with Crippen molar-refractivity contribution in [2.75, 3.05) is 13.1 Å². The lowest BCUT2D eigenvalue weighted by molar-refractivity contribution is -0.133. The van der Waals surface area contributed by atoms with Gasteiger partial charge >= 0.3 is 0 Å². The van der Waals surface area contributed by atoms with Crippen LogP contribution in [-0.2, 0) is 25.6 Å². The smallest absolute Gasteiger partial charge is 0.272 e. The van der Waals surface area contributed by atoms with Gasteiger partial charge in [-0.25, -0.2) is 0 Å². The van der Waals surface area contributed by atoms with Gasteiger partial charge in [0, 0.05) is 25.2 Å². The number of hydrogen-bond donors (Lipinski definition) is 4. The lowest BCUT2D eigenvalue weighted by atomic mass is 10.0. The fraction of sp³-hybridized carbons (Fsp3) is 0.467. The quantitative estimate of drug-likeness (QED) is 0.414. The fourth-order valence-corrected chi connectivity index (χ4v) is 4.57. The molecule has 1 aliphatic heterocycles. The van der Waals surface area contributed by atoms with Crippen LogP contribution in [0.15, 0.2) is 54.7 Å². The fourth-order valence-electron chi connectivity index (χ4n) is 4.57. The average Bonchev–Trinajstić information content (AvgIpc) is 2.95. The minimum Gasteiger partial charge on any atom is -0.350 e. The molecule has 220 valence electrons. The highest BCUT2D eigenvalue weighted by Crippen LogP contribution is 2.11. The van der Waals surface area contributed by atoms with Crippen molar-refractivity contribution in [3.05, 3.63) is 66.0 Å². The highest BCUT2D eigenvalue weighted by atomic mass is 16.2. The lowest BCUT2D eigenvalue weighted by Crippen LogP contribution is -2.57. The van der Waals surface area contributed by atoms with Gasteiger partial charge in [-0.15, -0.1) is 0 Å². The molecular weight excluding hydrogens is 524 g/mol. The van der Waals surface area contributed by atoms with Gasteiger partial charge in [0.25, 0.3) is 5.91 Å². The van der Waals surface area contributed by atoms with Gasteiger partial charge in [-0.05, 0) is 43.4 Å². The van der Waals surface area contributed by atoms with Gasteiger partial charge in [0.05, 0.1) is 6.54 Å². The molecule has 0 spiro atoms. The SMILES string of the molecule is CC[C@H]1CN(C(=O)c2ccccn2)CC(=O)N[C@H](C)C(=O)N[C@@H](CC(C)C)C(=O)N[C@@H](Cc2ccccc2)C(=O)N1. The van der Waals surface area contributed by atoms with E-state index in [0.717, 1.165) is 5.56 Å². The number of carbonyl (C=O) groups is 5. The molecule has 3 rings (SSSR count). The van der Waals surface area contributed by atoms with Crippen LogP contribution in [0, 0.1) is 5.92 Å². The van der Waals surface area contributed by atoms with Crippen molar-refractivity contribution in [1.29, 1.82) is 0 Å². The zero-order valence-electron chi connectivity index (χ0n) is 24.1. The Morgan fingerprint density at radius 3 is 2.20 bits per heavy atom. The Morgan fingerprint density at radius 1 is 0.902 bits per heavy atom. The van der Waals surface area contributed by atoms with Gasteiger partial charge < -0.3 is 26.2 Å². The molecule has 2 aromatic rings. The molecular formula is C30H40N6O5. The summed E-state index contributed by atoms with van der Waals surface area (Å²) >= 11 is 0. The van der Waals surface area contributed by atoms with Gasteiger partial charge in [-0.3, -0.25) is 29.0 Å². The number of amides is 5. The van der Waals surface area contributed by atoms with Crippen LogP contribution in [0.1, 0.15) is 56.6 Å². The van der Waals surface area contributed by atoms with Crippen LogP contribution in [0.25, 0.3) is 0 Å². The third-order valence-corrected chi connectivity index (χ3v) is 6.81. The van der Waals surface area contributed by atoms with Crippen LogP contribution in [-0.4, -0.2) is 76.7 Å². The minimum atomic E-state index is -0.969. The first-order valence-electron chi connectivity index (χ1n) is 14.0. The number of hydrogen-bond acceptors (Lipinski definition) is 6. The molecule has 41 heavy (non-hydrogen) atoms. The summed E-state index contributed by atoms with van der Waals surface area (Å²) in [5.41, 5.74) is 0.995. The monoisotopic (exact) mass is 564 g/mol. The van der Waals surface area contributed by atoms with Crippen molar-refractivity contribution in [2.45, 2.75) is 71.1 Å². The van der Waals surface area contributed by atoms with Crippen molar-refractivity contribution < 1.29 is 24.0 Å². The maximum Gasteiger partial charge on any atom is 0.272 e. The minimum absolute atomic E-state index is 0.0215. The molecule has 1 fully saturated rings. The van der Waals surface area contributed by atoms with Gasteiger partial charge in [-0.2, -0.15) is 0 Å². The van der Waals surface area contributed by atoms with E-state index < -0.39 is 53.7 Å². The van der Waals surface area contributed by atoms with Crippen LogP contribution >= 0.6 is 0 Å². The molecule has 1 aliphatic rings. The molecule has 1 aromatic heterocycles. The molecule has 5 amide bonds. The van der Waals surface area contributed by atoms with E-state index >= 15 is 0 Å². The van der Waals surface area contributed by atoms with E-state index in [1.54, 1.807) is 18.2 Å². The topological polar surface area (TPSA) is 150 Å². The lowest BCUT2D eigenvalue weighted by Gasteiger charge is -2.29. The van der Waals surface area contributed by atoms with Crippen LogP contribution in [0.2, 0.25) is 0 Å². The summed E-state index contributed by atoms with van der Waals surface area (Å²) in [5, 5.41) is 11.2. The number of benzene rings is 1. The molecule has 11 nitrogen and oxygen atoms in total. The summed E-state index contributed by atoms with van der Waals surface area (Å²) in [7, 11) is 0. The number of rotatable bonds is 6. The Hall–Kier alpha value is -4.28. The van der Waals surface area contributed by atoms with Gasteiger partial charge in [0.1, 0.15) is 23.8 Å². The first kappa shape index (κ1) is 31.3. The molecule has 4 atom stereocenters. The molecule has 0 radical (unpaired) electrons. The summed E-state index contributed by atoms with van der Waals surface area (Å²) < 4.78 is 0. The first-order chi connectivity index (χ1) is 19.6. The van der Waals surface area contributed by atoms with Gasteiger partial charge in [-0.1, -0.05) is 57.2 Å². The summed E-state index contributed by atoms with van der Waals surface area (Å²) in [6, 6.07) is 10.9. The maximum atomic E-state index is 13.6. The zero-order valence-corrected chi connectivity index (χ0v) is 24.1. The van der Waals surface area contributed by atoms with Crippen molar-refractivity contribution >= 4 is 29.5 Å². The van der Waals surface area contributed by atoms with E-state index in [0.29, 0.717) is 12.8 Å². The third-order valence-electron chi connectivity index (χ3n) is 6.81. The van der Waals surface area contributed by atoms with Gasteiger partial charge in [0.2, 0.25) is 23.6 Å². The second-order valence-corrected chi connectivity index (χ2v) is 10.7. The Bertz CT molecular complexity index is 1210. The standard InChI is InChI=1S/C30H40N6O5/c1-5-22-17-36(30(41)23-13-9-10-14-31-23)18-26(37)32-20(4)27(38)34-24(15-19(2)3)29(40)35-25(28(39)33-22)16-21-11-7-6-8-12-21/h6-14,19-20,22,24-25H,5,15-18H2,1-4H3,(H,32,37)(H,33,39)(H,34,38)(H,35,40)/t20-,22+,24+,25+/m1/s1. The molecule has 0 aliphatic carbocycles. The number of carbonyl (C=O) groups excluding carboxylic acids is 5. The van der Waals surface area contributed by atoms with Crippen molar-refractivity contribution in [1.82, 2.24) is 31.2 Å². The van der Waals surface area contributed by atoms with Crippen molar-refractivity contribution in [2.24, 2.45) is 5.92 Å². The van der Waals surface area contributed by atoms with E-state index in [1.165, 1.54) is 18.0 Å². The second kappa shape index (κ2) is 14.9. The Morgan fingerprint density at radius 2 is 1.56 bits per heavy atom. The average molecular weight is 565 g/mol. The third kappa shape index (κ3) is 9.40. The zero-order chi connectivity index (χ0) is 29.9. The molecule has 11 heteroatoms. The number of nitrogens with one attached hydrogen (secondary N) is 4. The van der Waals surface area contributed by atoms with Crippen LogP contribution in [0.3, 0.4) is 0 Å². The van der Waals surface area contributed by atoms with E-state index in [2.05, 4.69) is 26.3 Å². The van der Waals surface area contributed by atoms with E-state index in [9.17, 15) is 24.0 Å². The van der Waals surface area contributed by atoms with Crippen LogP contribution < -0.4 is 21.3 Å². The molecule has 0 saturated carbocycles. The summed E-state index contributed by atoms with van der Waals surface area (Å²) in [5.74, 6) is -2.44.